The predicted molar refractivity (Wildman–Crippen MR) is 106 cm³/mol. The molecule has 0 radical (unpaired) electrons. The van der Waals surface area contributed by atoms with Gasteiger partial charge in [0.2, 0.25) is 0 Å². The maximum absolute atomic E-state index is 11.9. The van der Waals surface area contributed by atoms with E-state index in [1.165, 1.54) is 57.8 Å². The van der Waals surface area contributed by atoms with Gasteiger partial charge in [0.05, 0.1) is 6.61 Å². The zero-order valence-corrected chi connectivity index (χ0v) is 16.9. The van der Waals surface area contributed by atoms with Crippen LogP contribution in [0.3, 0.4) is 0 Å². The molecular weight excluding hydrogens is 312 g/mol. The van der Waals surface area contributed by atoms with E-state index in [-0.39, 0.29) is 5.97 Å². The van der Waals surface area contributed by atoms with E-state index in [4.69, 9.17) is 4.74 Å². The Hall–Kier alpha value is -0.860. The summed E-state index contributed by atoms with van der Waals surface area (Å²) in [6, 6.07) is 0. The largest absolute Gasteiger partial charge is 0.465 e. The third-order valence-corrected chi connectivity index (χ3v) is 4.86. The minimum Gasteiger partial charge on any atom is -0.465 e. The number of ether oxygens (including phenoxy) is 1. The van der Waals surface area contributed by atoms with Gasteiger partial charge in [-0.1, -0.05) is 78.1 Å². The lowest BCUT2D eigenvalue weighted by Gasteiger charge is -2.16. The minimum absolute atomic E-state index is 0.0393. The molecule has 25 heavy (non-hydrogen) atoms. The van der Waals surface area contributed by atoms with Gasteiger partial charge in [-0.2, -0.15) is 0 Å². The molecule has 0 aromatic rings. The second-order valence-electron chi connectivity index (χ2n) is 7.37. The van der Waals surface area contributed by atoms with Crippen LogP contribution < -0.4 is 0 Å². The van der Waals surface area contributed by atoms with E-state index in [0.29, 0.717) is 25.4 Å². The number of carbonyl (C=O) groups excluding carboxylic acids is 2. The average molecular weight is 355 g/mol. The SMILES string of the molecule is CCCCCCCCCC(=O)OCC(CCCC=O)CCCCCC. The molecule has 1 atom stereocenters. The molecule has 0 bridgehead atoms. The highest BCUT2D eigenvalue weighted by Gasteiger charge is 2.12. The van der Waals surface area contributed by atoms with Gasteiger partial charge in [-0.05, 0) is 31.6 Å². The Morgan fingerprint density at radius 2 is 1.36 bits per heavy atom. The van der Waals surface area contributed by atoms with Gasteiger partial charge in [0, 0.05) is 12.8 Å². The summed E-state index contributed by atoms with van der Waals surface area (Å²) in [6.07, 6.45) is 18.7. The molecule has 0 saturated carbocycles. The monoisotopic (exact) mass is 354 g/mol. The molecule has 0 heterocycles. The molecule has 1 unspecified atom stereocenters. The van der Waals surface area contributed by atoms with Crippen LogP contribution >= 0.6 is 0 Å². The summed E-state index contributed by atoms with van der Waals surface area (Å²) < 4.78 is 5.51. The first-order valence-corrected chi connectivity index (χ1v) is 10.8. The molecular formula is C22H42O3. The third-order valence-electron chi connectivity index (χ3n) is 4.86. The molecule has 0 aromatic heterocycles. The highest BCUT2D eigenvalue weighted by molar-refractivity contribution is 5.69. The van der Waals surface area contributed by atoms with E-state index in [2.05, 4.69) is 13.8 Å². The van der Waals surface area contributed by atoms with Crippen molar-refractivity contribution >= 4 is 12.3 Å². The molecule has 0 spiro atoms. The van der Waals surface area contributed by atoms with Gasteiger partial charge in [-0.3, -0.25) is 4.79 Å². The first-order valence-electron chi connectivity index (χ1n) is 10.8. The van der Waals surface area contributed by atoms with Gasteiger partial charge < -0.3 is 9.53 Å². The van der Waals surface area contributed by atoms with E-state index in [9.17, 15) is 9.59 Å². The van der Waals surface area contributed by atoms with Crippen molar-refractivity contribution < 1.29 is 14.3 Å². The molecule has 3 nitrogen and oxygen atoms in total. The van der Waals surface area contributed by atoms with Crippen LogP contribution in [0.5, 0.6) is 0 Å². The maximum atomic E-state index is 11.9. The van der Waals surface area contributed by atoms with Crippen LogP contribution in [0.25, 0.3) is 0 Å². The fourth-order valence-electron chi connectivity index (χ4n) is 3.17. The maximum Gasteiger partial charge on any atom is 0.305 e. The van der Waals surface area contributed by atoms with Crippen LogP contribution in [-0.4, -0.2) is 18.9 Å². The third kappa shape index (κ3) is 17.7. The number of aldehydes is 1. The van der Waals surface area contributed by atoms with Gasteiger partial charge in [0.15, 0.2) is 0 Å². The van der Waals surface area contributed by atoms with Gasteiger partial charge in [-0.15, -0.1) is 0 Å². The van der Waals surface area contributed by atoms with Crippen LogP contribution in [0.15, 0.2) is 0 Å². The predicted octanol–water partition coefficient (Wildman–Crippen LogP) is 6.63. The average Bonchev–Trinajstić information content (AvgIpc) is 2.62. The van der Waals surface area contributed by atoms with Gasteiger partial charge in [0.1, 0.15) is 6.29 Å². The first-order chi connectivity index (χ1) is 12.2. The van der Waals surface area contributed by atoms with Gasteiger partial charge >= 0.3 is 5.97 Å². The first kappa shape index (κ1) is 24.1. The van der Waals surface area contributed by atoms with Gasteiger partial charge in [0.25, 0.3) is 0 Å². The second-order valence-corrected chi connectivity index (χ2v) is 7.37. The fraction of sp³-hybridized carbons (Fsp3) is 0.909. The van der Waals surface area contributed by atoms with E-state index >= 15 is 0 Å². The van der Waals surface area contributed by atoms with Crippen LogP contribution in [0.1, 0.15) is 117 Å². The molecule has 0 amide bonds. The molecule has 0 aromatic carbocycles. The molecule has 0 rings (SSSR count). The fourth-order valence-corrected chi connectivity index (χ4v) is 3.17. The van der Waals surface area contributed by atoms with Crippen LogP contribution in [0, 0.1) is 5.92 Å². The van der Waals surface area contributed by atoms with Crippen molar-refractivity contribution in [2.24, 2.45) is 5.92 Å². The van der Waals surface area contributed by atoms with Crippen molar-refractivity contribution in [2.75, 3.05) is 6.61 Å². The molecule has 0 saturated heterocycles. The smallest absolute Gasteiger partial charge is 0.305 e. The Labute approximate surface area is 156 Å². The lowest BCUT2D eigenvalue weighted by Crippen LogP contribution is -2.14. The Morgan fingerprint density at radius 3 is 2.00 bits per heavy atom. The summed E-state index contributed by atoms with van der Waals surface area (Å²) in [5.41, 5.74) is 0. The molecule has 0 aliphatic rings. The van der Waals surface area contributed by atoms with E-state index in [0.717, 1.165) is 38.4 Å². The summed E-state index contributed by atoms with van der Waals surface area (Å²) >= 11 is 0. The highest BCUT2D eigenvalue weighted by Crippen LogP contribution is 2.18. The summed E-state index contributed by atoms with van der Waals surface area (Å²) in [5.74, 6) is 0.386. The Morgan fingerprint density at radius 1 is 0.800 bits per heavy atom. The number of esters is 1. The van der Waals surface area contributed by atoms with Crippen LogP contribution in [-0.2, 0) is 14.3 Å². The number of rotatable bonds is 19. The van der Waals surface area contributed by atoms with Crippen LogP contribution in [0.2, 0.25) is 0 Å². The quantitative estimate of drug-likeness (QED) is 0.149. The van der Waals surface area contributed by atoms with Gasteiger partial charge in [-0.25, -0.2) is 0 Å². The molecule has 148 valence electrons. The Balaban J connectivity index is 3.79. The zero-order chi connectivity index (χ0) is 18.6. The normalized spacial score (nSPS) is 12.1. The number of hydrogen-bond donors (Lipinski definition) is 0. The van der Waals surface area contributed by atoms with E-state index in [1.54, 1.807) is 0 Å². The van der Waals surface area contributed by atoms with Crippen molar-refractivity contribution in [1.82, 2.24) is 0 Å². The zero-order valence-electron chi connectivity index (χ0n) is 16.9. The lowest BCUT2D eigenvalue weighted by molar-refractivity contribution is -0.145. The van der Waals surface area contributed by atoms with Crippen molar-refractivity contribution in [1.29, 1.82) is 0 Å². The molecule has 0 aliphatic carbocycles. The van der Waals surface area contributed by atoms with Crippen molar-refractivity contribution in [3.05, 3.63) is 0 Å². The Kier molecular flexibility index (Phi) is 18.8. The minimum atomic E-state index is -0.0393. The molecule has 0 aliphatic heterocycles. The summed E-state index contributed by atoms with van der Waals surface area (Å²) in [6.45, 7) is 4.99. The number of carbonyl (C=O) groups is 2. The van der Waals surface area contributed by atoms with Crippen LogP contribution in [0.4, 0.5) is 0 Å². The standard InChI is InChI=1S/C22H42O3/c1-3-5-7-9-10-11-13-18-22(24)25-20-21(17-14-15-19-23)16-12-8-6-4-2/h19,21H,3-18,20H2,1-2H3. The van der Waals surface area contributed by atoms with Crippen molar-refractivity contribution in [2.45, 2.75) is 117 Å². The summed E-state index contributed by atoms with van der Waals surface area (Å²) in [7, 11) is 0. The molecule has 0 N–H and O–H groups in total. The summed E-state index contributed by atoms with van der Waals surface area (Å²) in [4.78, 5) is 22.4. The molecule has 0 fully saturated rings. The van der Waals surface area contributed by atoms with E-state index in [1.807, 2.05) is 0 Å². The summed E-state index contributed by atoms with van der Waals surface area (Å²) in [5, 5.41) is 0. The lowest BCUT2D eigenvalue weighted by atomic mass is 9.96. The Bertz CT molecular complexity index is 302. The van der Waals surface area contributed by atoms with E-state index < -0.39 is 0 Å². The number of hydrogen-bond acceptors (Lipinski definition) is 3. The van der Waals surface area contributed by atoms with Crippen molar-refractivity contribution in [3.8, 4) is 0 Å². The van der Waals surface area contributed by atoms with Crippen molar-refractivity contribution in [3.63, 3.8) is 0 Å². The topological polar surface area (TPSA) is 43.4 Å². The molecule has 3 heteroatoms. The number of unbranched alkanes of at least 4 members (excludes halogenated alkanes) is 10. The second kappa shape index (κ2) is 19.5. The highest BCUT2D eigenvalue weighted by atomic mass is 16.5.